The summed E-state index contributed by atoms with van der Waals surface area (Å²) in [5.74, 6) is 0.708. The minimum absolute atomic E-state index is 0.00470. The van der Waals surface area contributed by atoms with E-state index in [0.717, 1.165) is 6.42 Å². The molecule has 0 spiro atoms. The molecule has 11 heteroatoms. The van der Waals surface area contributed by atoms with Gasteiger partial charge in [0.2, 0.25) is 5.95 Å². The van der Waals surface area contributed by atoms with Gasteiger partial charge >= 0.3 is 7.12 Å². The van der Waals surface area contributed by atoms with Gasteiger partial charge in [0.15, 0.2) is 16.3 Å². The Bertz CT molecular complexity index is 689. The Morgan fingerprint density at radius 3 is 2.77 bits per heavy atom. The van der Waals surface area contributed by atoms with E-state index in [0.29, 0.717) is 29.3 Å². The van der Waals surface area contributed by atoms with E-state index in [1.165, 1.54) is 11.8 Å². The molecule has 0 unspecified atom stereocenters. The fourth-order valence-electron chi connectivity index (χ4n) is 2.01. The molecule has 0 aliphatic carbocycles. The lowest BCUT2D eigenvalue weighted by Gasteiger charge is -2.06. The van der Waals surface area contributed by atoms with Crippen LogP contribution >= 0.6 is 11.8 Å². The first-order valence-corrected chi connectivity index (χ1v) is 7.87. The highest BCUT2D eigenvalue weighted by molar-refractivity contribution is 7.99. The van der Waals surface area contributed by atoms with Crippen molar-refractivity contribution in [3.8, 4) is 0 Å². The molecule has 0 saturated carbocycles. The van der Waals surface area contributed by atoms with Crippen LogP contribution in [-0.2, 0) is 6.54 Å². The number of hydrogen-bond donors (Lipinski definition) is 5. The van der Waals surface area contributed by atoms with Crippen LogP contribution in [0.3, 0.4) is 0 Å². The molecule has 2 heterocycles. The van der Waals surface area contributed by atoms with E-state index in [1.54, 1.807) is 4.57 Å². The fourth-order valence-corrected chi connectivity index (χ4v) is 3.03. The third-order valence-electron chi connectivity index (χ3n) is 3.00. The number of imidazole rings is 1. The number of anilines is 1. The van der Waals surface area contributed by atoms with Crippen molar-refractivity contribution in [1.82, 2.24) is 19.5 Å². The normalized spacial score (nSPS) is 11.2. The van der Waals surface area contributed by atoms with Crippen molar-refractivity contribution in [3.63, 3.8) is 0 Å². The Hall–Kier alpha value is -1.56. The van der Waals surface area contributed by atoms with Crippen LogP contribution < -0.4 is 11.3 Å². The third-order valence-corrected chi connectivity index (χ3v) is 4.06. The predicted molar refractivity (Wildman–Crippen MR) is 84.6 cm³/mol. The zero-order chi connectivity index (χ0) is 16.1. The maximum atomic E-state index is 11.8. The van der Waals surface area contributed by atoms with Crippen molar-refractivity contribution in [2.45, 2.75) is 30.9 Å². The number of aromatic nitrogens is 4. The molecule has 22 heavy (non-hydrogen) atoms. The smallest absolute Gasteiger partial charge is 0.427 e. The minimum Gasteiger partial charge on any atom is -0.427 e. The van der Waals surface area contributed by atoms with E-state index < -0.39 is 12.7 Å². The highest BCUT2D eigenvalue weighted by Gasteiger charge is 2.15. The SMILES string of the molecule is Nc1nc2c(nc(SCCCCB(O)O)n2CCO)c(=O)[nH]1. The molecule has 0 aliphatic heterocycles. The van der Waals surface area contributed by atoms with E-state index >= 15 is 0 Å². The van der Waals surface area contributed by atoms with Crippen LogP contribution in [0.4, 0.5) is 5.95 Å². The summed E-state index contributed by atoms with van der Waals surface area (Å²) >= 11 is 1.42. The van der Waals surface area contributed by atoms with Gasteiger partial charge in [0, 0.05) is 12.3 Å². The van der Waals surface area contributed by atoms with E-state index in [1.807, 2.05) is 0 Å². The molecule has 0 atom stereocenters. The molecule has 2 aromatic heterocycles. The number of aliphatic hydroxyl groups excluding tert-OH is 1. The van der Waals surface area contributed by atoms with Crippen LogP contribution in [-0.4, -0.2) is 54.2 Å². The number of aliphatic hydroxyl groups is 1. The summed E-state index contributed by atoms with van der Waals surface area (Å²) in [5, 5.41) is 27.3. The zero-order valence-electron chi connectivity index (χ0n) is 11.9. The summed E-state index contributed by atoms with van der Waals surface area (Å²) in [6.07, 6.45) is 1.78. The topological polar surface area (TPSA) is 150 Å². The highest BCUT2D eigenvalue weighted by Crippen LogP contribution is 2.22. The van der Waals surface area contributed by atoms with Crippen LogP contribution in [0.15, 0.2) is 9.95 Å². The quantitative estimate of drug-likeness (QED) is 0.236. The highest BCUT2D eigenvalue weighted by atomic mass is 32.2. The lowest BCUT2D eigenvalue weighted by molar-refractivity contribution is 0.273. The van der Waals surface area contributed by atoms with Crippen LogP contribution in [0, 0.1) is 0 Å². The summed E-state index contributed by atoms with van der Waals surface area (Å²) in [6, 6.07) is 0. The minimum atomic E-state index is -1.28. The van der Waals surface area contributed by atoms with Gasteiger partial charge in [-0.2, -0.15) is 4.98 Å². The summed E-state index contributed by atoms with van der Waals surface area (Å²) < 4.78 is 1.66. The van der Waals surface area contributed by atoms with Crippen molar-refractivity contribution in [2.24, 2.45) is 0 Å². The first-order valence-electron chi connectivity index (χ1n) is 6.88. The maximum Gasteiger partial charge on any atom is 0.451 e. The zero-order valence-corrected chi connectivity index (χ0v) is 12.7. The van der Waals surface area contributed by atoms with Gasteiger partial charge in [-0.3, -0.25) is 9.78 Å². The Morgan fingerprint density at radius 2 is 2.09 bits per heavy atom. The maximum absolute atomic E-state index is 11.8. The van der Waals surface area contributed by atoms with Crippen LogP contribution in [0.2, 0.25) is 6.32 Å². The van der Waals surface area contributed by atoms with Gasteiger partial charge in [0.25, 0.3) is 5.56 Å². The number of nitrogens with two attached hydrogens (primary N) is 1. The van der Waals surface area contributed by atoms with Crippen molar-refractivity contribution >= 4 is 36.0 Å². The summed E-state index contributed by atoms with van der Waals surface area (Å²) in [4.78, 5) is 22.6. The lowest BCUT2D eigenvalue weighted by Crippen LogP contribution is -2.12. The lowest BCUT2D eigenvalue weighted by atomic mass is 9.84. The number of hydrogen-bond acceptors (Lipinski definition) is 8. The molecule has 2 rings (SSSR count). The standard InChI is InChI=1S/C11H18BN5O4S/c13-10-15-8-7(9(19)16-10)14-11(17(8)4-5-18)22-6-2-1-3-12(20)21/h18,20-21H,1-6H2,(H3,13,15,16,19). The van der Waals surface area contributed by atoms with Crippen molar-refractivity contribution in [1.29, 1.82) is 0 Å². The van der Waals surface area contributed by atoms with Crippen LogP contribution in [0.1, 0.15) is 12.8 Å². The van der Waals surface area contributed by atoms with E-state index in [2.05, 4.69) is 15.0 Å². The molecule has 0 fully saturated rings. The number of nitrogens with one attached hydrogen (secondary N) is 1. The second kappa shape index (κ2) is 7.63. The van der Waals surface area contributed by atoms with Gasteiger partial charge in [-0.25, -0.2) is 4.98 Å². The van der Waals surface area contributed by atoms with Gasteiger partial charge in [-0.05, 0) is 12.7 Å². The Labute approximate surface area is 130 Å². The van der Waals surface area contributed by atoms with Crippen molar-refractivity contribution < 1.29 is 15.2 Å². The molecule has 0 amide bonds. The van der Waals surface area contributed by atoms with Crippen LogP contribution in [0.5, 0.6) is 0 Å². The summed E-state index contributed by atoms with van der Waals surface area (Å²) in [7, 11) is -1.28. The molecule has 0 bridgehead atoms. The Kier molecular flexibility index (Phi) is 5.83. The second-order valence-electron chi connectivity index (χ2n) is 4.72. The monoisotopic (exact) mass is 327 g/mol. The largest absolute Gasteiger partial charge is 0.451 e. The van der Waals surface area contributed by atoms with E-state index in [9.17, 15) is 9.90 Å². The van der Waals surface area contributed by atoms with Crippen LogP contribution in [0.25, 0.3) is 11.2 Å². The number of unbranched alkanes of at least 4 members (excludes halogenated alkanes) is 1. The molecular weight excluding hydrogens is 309 g/mol. The molecule has 0 aliphatic rings. The second-order valence-corrected chi connectivity index (χ2v) is 5.78. The number of fused-ring (bicyclic) bond motifs is 1. The molecule has 0 saturated heterocycles. The van der Waals surface area contributed by atoms with Gasteiger partial charge in [0.1, 0.15) is 0 Å². The third kappa shape index (κ3) is 4.00. The number of rotatable bonds is 8. The Balaban J connectivity index is 2.16. The first kappa shape index (κ1) is 16.8. The number of H-pyrrole nitrogens is 1. The Morgan fingerprint density at radius 1 is 1.32 bits per heavy atom. The predicted octanol–water partition coefficient (Wildman–Crippen LogP) is -0.961. The van der Waals surface area contributed by atoms with Gasteiger partial charge < -0.3 is 25.5 Å². The van der Waals surface area contributed by atoms with Gasteiger partial charge in [-0.1, -0.05) is 18.2 Å². The molecular formula is C11H18BN5O4S. The molecule has 0 radical (unpaired) electrons. The number of aromatic amines is 1. The summed E-state index contributed by atoms with van der Waals surface area (Å²) in [5.41, 5.74) is 5.67. The summed E-state index contributed by atoms with van der Waals surface area (Å²) in [6.45, 7) is 0.161. The molecule has 0 aromatic carbocycles. The van der Waals surface area contributed by atoms with Gasteiger partial charge in [0.05, 0.1) is 6.61 Å². The number of thioether (sulfide) groups is 1. The first-order chi connectivity index (χ1) is 10.5. The van der Waals surface area contributed by atoms with Crippen molar-refractivity contribution in [3.05, 3.63) is 10.4 Å². The molecule has 6 N–H and O–H groups in total. The number of nitrogens with zero attached hydrogens (tertiary/aromatic N) is 3. The molecule has 2 aromatic rings. The van der Waals surface area contributed by atoms with E-state index in [4.69, 9.17) is 15.8 Å². The van der Waals surface area contributed by atoms with E-state index in [-0.39, 0.29) is 24.6 Å². The number of nitrogen functional groups attached to an aromatic ring is 1. The van der Waals surface area contributed by atoms with Crippen molar-refractivity contribution in [2.75, 3.05) is 18.1 Å². The molecule has 120 valence electrons. The molecule has 9 nitrogen and oxygen atoms in total. The van der Waals surface area contributed by atoms with Gasteiger partial charge in [-0.15, -0.1) is 0 Å². The average molecular weight is 327 g/mol. The average Bonchev–Trinajstić information content (AvgIpc) is 2.77. The fraction of sp³-hybridized carbons (Fsp3) is 0.545.